The van der Waals surface area contributed by atoms with Crippen molar-refractivity contribution in [2.45, 2.75) is 6.42 Å². The maximum Gasteiger partial charge on any atom is 0.261 e. The molecule has 1 aliphatic heterocycles. The van der Waals surface area contributed by atoms with Crippen molar-refractivity contribution < 1.29 is 14.4 Å². The molecule has 0 saturated heterocycles. The van der Waals surface area contributed by atoms with Gasteiger partial charge in [-0.25, -0.2) is 0 Å². The number of carbonyl (C=O) groups is 3. The van der Waals surface area contributed by atoms with Gasteiger partial charge in [-0.05, 0) is 59.3 Å². The molecule has 1 aliphatic rings. The predicted octanol–water partition coefficient (Wildman–Crippen LogP) is 4.50. The van der Waals surface area contributed by atoms with Gasteiger partial charge in [0.15, 0.2) is 0 Å². The highest BCUT2D eigenvalue weighted by molar-refractivity contribution is 6.25. The molecule has 0 radical (unpaired) electrons. The molecule has 0 unspecified atom stereocenters. The summed E-state index contributed by atoms with van der Waals surface area (Å²) in [7, 11) is 0. The Kier molecular flexibility index (Phi) is 6.47. The van der Waals surface area contributed by atoms with E-state index in [1.54, 1.807) is 12.1 Å². The fourth-order valence-electron chi connectivity index (χ4n) is 4.49. The monoisotopic (exact) mass is 478 g/mol. The fraction of sp³-hybridized carbons (Fsp3) is 0.138. The van der Waals surface area contributed by atoms with E-state index in [0.717, 1.165) is 27.6 Å². The molecule has 180 valence electrons. The Hall–Kier alpha value is -4.49. The van der Waals surface area contributed by atoms with E-state index < -0.39 is 0 Å². The number of imide groups is 1. The third-order valence-electron chi connectivity index (χ3n) is 6.32. The van der Waals surface area contributed by atoms with Crippen molar-refractivity contribution in [2.75, 3.05) is 30.3 Å². The molecule has 0 bridgehead atoms. The molecule has 1 heterocycles. The normalized spacial score (nSPS) is 12.6. The third-order valence-corrected chi connectivity index (χ3v) is 6.32. The van der Waals surface area contributed by atoms with Crippen molar-refractivity contribution in [1.29, 1.82) is 0 Å². The molecule has 5 rings (SSSR count). The van der Waals surface area contributed by atoms with E-state index in [2.05, 4.69) is 10.6 Å². The van der Waals surface area contributed by atoms with Crippen molar-refractivity contribution in [3.63, 3.8) is 0 Å². The SMILES string of the molecule is NCC(=O)Nc1ccc(-c2ccc(NCCCN3C(=O)c4cccc5cccc(c45)C3=O)cc2)cc1. The molecule has 0 saturated carbocycles. The molecule has 0 aromatic heterocycles. The number of nitrogens with one attached hydrogen (secondary N) is 2. The number of anilines is 2. The molecule has 0 aliphatic carbocycles. The van der Waals surface area contributed by atoms with E-state index in [-0.39, 0.29) is 24.3 Å². The van der Waals surface area contributed by atoms with Gasteiger partial charge in [0.05, 0.1) is 6.54 Å². The third kappa shape index (κ3) is 4.56. The van der Waals surface area contributed by atoms with Crippen LogP contribution in [0.1, 0.15) is 27.1 Å². The lowest BCUT2D eigenvalue weighted by Crippen LogP contribution is -2.41. The number of nitrogens with zero attached hydrogens (tertiary/aromatic N) is 1. The second-order valence-corrected chi connectivity index (χ2v) is 8.66. The lowest BCUT2D eigenvalue weighted by Gasteiger charge is -2.27. The number of nitrogens with two attached hydrogens (primary N) is 1. The van der Waals surface area contributed by atoms with Crippen LogP contribution in [0.2, 0.25) is 0 Å². The minimum absolute atomic E-state index is 0.0503. The van der Waals surface area contributed by atoms with Crippen LogP contribution in [0.15, 0.2) is 84.9 Å². The van der Waals surface area contributed by atoms with Crippen LogP contribution in [0.5, 0.6) is 0 Å². The molecule has 4 N–H and O–H groups in total. The van der Waals surface area contributed by atoms with Crippen LogP contribution in [0.3, 0.4) is 0 Å². The Bertz CT molecular complexity index is 1400. The summed E-state index contributed by atoms with van der Waals surface area (Å²) in [6.45, 7) is 0.920. The summed E-state index contributed by atoms with van der Waals surface area (Å²) in [6.07, 6.45) is 0.632. The van der Waals surface area contributed by atoms with Crippen LogP contribution in [0, 0.1) is 0 Å². The largest absolute Gasteiger partial charge is 0.385 e. The van der Waals surface area contributed by atoms with Gasteiger partial charge >= 0.3 is 0 Å². The summed E-state index contributed by atoms with van der Waals surface area (Å²) >= 11 is 0. The maximum absolute atomic E-state index is 13.0. The van der Waals surface area contributed by atoms with Gasteiger partial charge < -0.3 is 16.4 Å². The van der Waals surface area contributed by atoms with E-state index in [0.29, 0.717) is 36.3 Å². The number of hydrogen-bond donors (Lipinski definition) is 3. The second-order valence-electron chi connectivity index (χ2n) is 8.66. The van der Waals surface area contributed by atoms with Gasteiger partial charge in [0.25, 0.3) is 11.8 Å². The second kappa shape index (κ2) is 10.0. The zero-order chi connectivity index (χ0) is 25.1. The average Bonchev–Trinajstić information content (AvgIpc) is 2.92. The van der Waals surface area contributed by atoms with Gasteiger partial charge in [-0.1, -0.05) is 48.5 Å². The zero-order valence-corrected chi connectivity index (χ0v) is 19.7. The summed E-state index contributed by atoms with van der Waals surface area (Å²) in [5.41, 5.74) is 10.2. The van der Waals surface area contributed by atoms with Gasteiger partial charge in [0.2, 0.25) is 5.91 Å². The van der Waals surface area contributed by atoms with Gasteiger partial charge in [0, 0.05) is 41.0 Å². The molecule has 7 nitrogen and oxygen atoms in total. The van der Waals surface area contributed by atoms with Crippen molar-refractivity contribution in [3.05, 3.63) is 96.1 Å². The first-order chi connectivity index (χ1) is 17.5. The summed E-state index contributed by atoms with van der Waals surface area (Å²) in [4.78, 5) is 38.8. The first-order valence-corrected chi connectivity index (χ1v) is 11.9. The minimum atomic E-state index is -0.234. The van der Waals surface area contributed by atoms with Crippen LogP contribution in [0.25, 0.3) is 21.9 Å². The molecular formula is C29H26N4O3. The Morgan fingerprint density at radius 3 is 1.86 bits per heavy atom. The van der Waals surface area contributed by atoms with Crippen LogP contribution in [-0.2, 0) is 4.79 Å². The summed E-state index contributed by atoms with van der Waals surface area (Å²) < 4.78 is 0. The van der Waals surface area contributed by atoms with Crippen LogP contribution in [0.4, 0.5) is 11.4 Å². The summed E-state index contributed by atoms with van der Waals surface area (Å²) in [5.74, 6) is -0.695. The highest BCUT2D eigenvalue weighted by atomic mass is 16.2. The van der Waals surface area contributed by atoms with E-state index in [1.165, 1.54) is 4.90 Å². The molecule has 4 aromatic carbocycles. The lowest BCUT2D eigenvalue weighted by molar-refractivity contribution is -0.114. The molecule has 0 spiro atoms. The maximum atomic E-state index is 13.0. The Labute approximate surface area is 208 Å². The minimum Gasteiger partial charge on any atom is -0.385 e. The molecule has 36 heavy (non-hydrogen) atoms. The number of hydrogen-bond acceptors (Lipinski definition) is 5. The smallest absolute Gasteiger partial charge is 0.261 e. The molecule has 7 heteroatoms. The lowest BCUT2D eigenvalue weighted by atomic mass is 9.94. The van der Waals surface area contributed by atoms with Crippen LogP contribution in [-0.4, -0.2) is 42.3 Å². The number of benzene rings is 4. The van der Waals surface area contributed by atoms with E-state index in [4.69, 9.17) is 5.73 Å². The molecule has 4 aromatic rings. The van der Waals surface area contributed by atoms with Gasteiger partial charge in [-0.3, -0.25) is 19.3 Å². The van der Waals surface area contributed by atoms with Gasteiger partial charge in [-0.2, -0.15) is 0 Å². The number of rotatable bonds is 8. The Balaban J connectivity index is 1.17. The Morgan fingerprint density at radius 1 is 0.750 bits per heavy atom. The van der Waals surface area contributed by atoms with E-state index in [9.17, 15) is 14.4 Å². The quantitative estimate of drug-likeness (QED) is 0.255. The molecule has 0 fully saturated rings. The van der Waals surface area contributed by atoms with Gasteiger partial charge in [-0.15, -0.1) is 0 Å². The van der Waals surface area contributed by atoms with Crippen molar-refractivity contribution in [1.82, 2.24) is 4.90 Å². The topological polar surface area (TPSA) is 105 Å². The molecule has 0 atom stereocenters. The highest BCUT2D eigenvalue weighted by Gasteiger charge is 2.32. The molecular weight excluding hydrogens is 452 g/mol. The van der Waals surface area contributed by atoms with Crippen LogP contribution < -0.4 is 16.4 Å². The van der Waals surface area contributed by atoms with Gasteiger partial charge in [0.1, 0.15) is 0 Å². The fourth-order valence-corrected chi connectivity index (χ4v) is 4.49. The summed E-state index contributed by atoms with van der Waals surface area (Å²) in [5, 5.41) is 7.75. The predicted molar refractivity (Wildman–Crippen MR) is 142 cm³/mol. The Morgan fingerprint density at radius 2 is 1.31 bits per heavy atom. The van der Waals surface area contributed by atoms with E-state index in [1.807, 2.05) is 72.8 Å². The molecule has 3 amide bonds. The zero-order valence-electron chi connectivity index (χ0n) is 19.7. The average molecular weight is 479 g/mol. The van der Waals surface area contributed by atoms with E-state index >= 15 is 0 Å². The summed E-state index contributed by atoms with van der Waals surface area (Å²) in [6, 6.07) is 26.7. The van der Waals surface area contributed by atoms with Crippen molar-refractivity contribution in [3.8, 4) is 11.1 Å². The van der Waals surface area contributed by atoms with Crippen molar-refractivity contribution in [2.24, 2.45) is 5.73 Å². The van der Waals surface area contributed by atoms with Crippen molar-refractivity contribution >= 4 is 39.9 Å². The standard InChI is InChI=1S/C29H26N4O3/c30-18-26(34)32-23-14-10-20(11-15-23)19-8-12-22(13-9-19)31-16-3-17-33-28(35)24-6-1-4-21-5-2-7-25(27(21)24)29(33)36/h1-2,4-15,31H,3,16-18,30H2,(H,32,34). The number of amides is 3. The first-order valence-electron chi connectivity index (χ1n) is 11.9. The highest BCUT2D eigenvalue weighted by Crippen LogP contribution is 2.30. The first kappa shape index (κ1) is 23.3. The number of carbonyl (C=O) groups excluding carboxylic acids is 3. The van der Waals surface area contributed by atoms with Crippen LogP contribution >= 0.6 is 0 Å².